The van der Waals surface area contributed by atoms with Crippen molar-refractivity contribution in [3.05, 3.63) is 76.7 Å². The van der Waals surface area contributed by atoms with Crippen LogP contribution in [-0.4, -0.2) is 31.8 Å². The van der Waals surface area contributed by atoms with Gasteiger partial charge in [-0.05, 0) is 54.3 Å². The maximum Gasteiger partial charge on any atom is 0.373 e. The largest absolute Gasteiger partial charge is 0.493 e. The number of benzene rings is 2. The highest BCUT2D eigenvalue weighted by atomic mass is 32.1. The fraction of sp³-hybridized carbons (Fsp3) is 0.200. The highest BCUT2D eigenvalue weighted by molar-refractivity contribution is 7.17. The molecule has 0 aliphatic heterocycles. The van der Waals surface area contributed by atoms with Gasteiger partial charge in [-0.2, -0.15) is 0 Å². The number of nitrogens with zero attached hydrogens (tertiary/aromatic N) is 1. The summed E-state index contributed by atoms with van der Waals surface area (Å²) in [5.41, 5.74) is 2.70. The minimum atomic E-state index is -0.518. The van der Waals surface area contributed by atoms with E-state index in [1.54, 1.807) is 17.4 Å². The van der Waals surface area contributed by atoms with Crippen molar-refractivity contribution in [3.8, 4) is 17.2 Å². The molecule has 0 fully saturated rings. The highest BCUT2D eigenvalue weighted by Crippen LogP contribution is 2.34. The van der Waals surface area contributed by atoms with Crippen LogP contribution in [0.15, 0.2) is 64.1 Å². The molecule has 2 aromatic carbocycles. The van der Waals surface area contributed by atoms with E-state index < -0.39 is 5.97 Å². The van der Waals surface area contributed by atoms with E-state index in [2.05, 4.69) is 4.98 Å². The van der Waals surface area contributed by atoms with Gasteiger partial charge in [0.25, 0.3) is 0 Å². The molecule has 0 bridgehead atoms. The average Bonchev–Trinajstić information content (AvgIpc) is 3.46. The van der Waals surface area contributed by atoms with Crippen molar-refractivity contribution in [2.24, 2.45) is 0 Å². The van der Waals surface area contributed by atoms with Gasteiger partial charge in [0.2, 0.25) is 11.6 Å². The van der Waals surface area contributed by atoms with Gasteiger partial charge in [0.1, 0.15) is 11.5 Å². The summed E-state index contributed by atoms with van der Waals surface area (Å²) in [4.78, 5) is 16.5. The van der Waals surface area contributed by atoms with Crippen LogP contribution in [0.4, 0.5) is 0 Å². The first-order valence-corrected chi connectivity index (χ1v) is 11.0. The van der Waals surface area contributed by atoms with Crippen molar-refractivity contribution >= 4 is 33.5 Å². The van der Waals surface area contributed by atoms with E-state index in [0.29, 0.717) is 18.9 Å². The van der Waals surface area contributed by atoms with E-state index in [1.807, 2.05) is 60.8 Å². The second-order valence-electron chi connectivity index (χ2n) is 7.01. The number of carbonyl (C=O) groups is 1. The van der Waals surface area contributed by atoms with Crippen molar-refractivity contribution < 1.29 is 23.4 Å². The third-order valence-electron chi connectivity index (χ3n) is 5.01. The molecular weight excluding hydrogens is 426 g/mol. The number of aryl methyl sites for hydroxylation is 1. The van der Waals surface area contributed by atoms with Gasteiger partial charge < -0.3 is 18.6 Å². The number of esters is 1. The Hall–Kier alpha value is -3.58. The van der Waals surface area contributed by atoms with Gasteiger partial charge >= 0.3 is 5.97 Å². The summed E-state index contributed by atoms with van der Waals surface area (Å²) in [7, 11) is 2.77. The molecule has 0 radical (unpaired) electrons. The third-order valence-corrected chi connectivity index (χ3v) is 5.97. The summed E-state index contributed by atoms with van der Waals surface area (Å²) >= 11 is 1.57. The molecular formula is C25H23NO5S. The molecule has 32 heavy (non-hydrogen) atoms. The normalized spacial score (nSPS) is 11.5. The first-order chi connectivity index (χ1) is 15.6. The molecule has 4 rings (SSSR count). The first kappa shape index (κ1) is 21.6. The Morgan fingerprint density at radius 1 is 1.09 bits per heavy atom. The van der Waals surface area contributed by atoms with Gasteiger partial charge in [-0.25, -0.2) is 9.78 Å². The molecule has 2 aromatic heterocycles. The summed E-state index contributed by atoms with van der Waals surface area (Å²) in [6.07, 6.45) is 2.31. The lowest BCUT2D eigenvalue weighted by atomic mass is 10.1. The van der Waals surface area contributed by atoms with Crippen LogP contribution in [0.3, 0.4) is 0 Å². The Bertz CT molecular complexity index is 1260. The average molecular weight is 450 g/mol. The predicted molar refractivity (Wildman–Crippen MR) is 125 cm³/mol. The molecule has 4 aromatic rings. The first-order valence-electron chi connectivity index (χ1n) is 10.1. The molecule has 0 atom stereocenters. The molecule has 6 nitrogen and oxygen atoms in total. The lowest BCUT2D eigenvalue weighted by Gasteiger charge is -2.09. The SMILES string of the molecule is COC(=O)/C(=C/c1ccc(OCCc2nc(-c3ccccc3)oc2C)c2ccsc12)OC. The second-order valence-corrected chi connectivity index (χ2v) is 7.92. The quantitative estimate of drug-likeness (QED) is 0.197. The monoisotopic (exact) mass is 449 g/mol. The predicted octanol–water partition coefficient (Wildman–Crippen LogP) is 5.65. The zero-order valence-corrected chi connectivity index (χ0v) is 18.9. The van der Waals surface area contributed by atoms with Crippen LogP contribution >= 0.6 is 11.3 Å². The zero-order chi connectivity index (χ0) is 22.5. The van der Waals surface area contributed by atoms with Crippen LogP contribution in [0.5, 0.6) is 5.75 Å². The minimum absolute atomic E-state index is 0.145. The number of carbonyl (C=O) groups excluding carboxylic acids is 1. The van der Waals surface area contributed by atoms with Gasteiger partial charge in [-0.1, -0.05) is 18.2 Å². The Balaban J connectivity index is 1.49. The lowest BCUT2D eigenvalue weighted by molar-refractivity contribution is -0.139. The fourth-order valence-electron chi connectivity index (χ4n) is 3.36. The number of thiophene rings is 1. The molecule has 164 valence electrons. The molecule has 0 aliphatic rings. The molecule has 0 unspecified atom stereocenters. The van der Waals surface area contributed by atoms with Crippen LogP contribution in [0, 0.1) is 6.92 Å². The van der Waals surface area contributed by atoms with Crippen molar-refractivity contribution in [1.29, 1.82) is 0 Å². The van der Waals surface area contributed by atoms with Gasteiger partial charge in [0, 0.05) is 22.1 Å². The van der Waals surface area contributed by atoms with Crippen LogP contribution < -0.4 is 4.74 Å². The fourth-order valence-corrected chi connectivity index (χ4v) is 4.26. The molecule has 2 heterocycles. The van der Waals surface area contributed by atoms with Gasteiger partial charge in [-0.3, -0.25) is 0 Å². The number of aromatic nitrogens is 1. The van der Waals surface area contributed by atoms with Gasteiger partial charge in [-0.15, -0.1) is 11.3 Å². The van der Waals surface area contributed by atoms with E-state index in [4.69, 9.17) is 18.6 Å². The molecule has 0 amide bonds. The summed E-state index contributed by atoms with van der Waals surface area (Å²) in [5, 5.41) is 2.97. The smallest absolute Gasteiger partial charge is 0.373 e. The second kappa shape index (κ2) is 9.70. The van der Waals surface area contributed by atoms with Gasteiger partial charge in [0.15, 0.2) is 0 Å². The molecule has 0 spiro atoms. The summed E-state index contributed by atoms with van der Waals surface area (Å²) in [5.74, 6) is 1.82. The van der Waals surface area contributed by atoms with Crippen LogP contribution in [0.2, 0.25) is 0 Å². The van der Waals surface area contributed by atoms with Crippen molar-refractivity contribution in [2.75, 3.05) is 20.8 Å². The van der Waals surface area contributed by atoms with E-state index in [-0.39, 0.29) is 5.76 Å². The maximum atomic E-state index is 11.8. The van der Waals surface area contributed by atoms with Crippen LogP contribution in [0.25, 0.3) is 27.6 Å². The third kappa shape index (κ3) is 4.53. The Morgan fingerprint density at radius 2 is 1.91 bits per heavy atom. The van der Waals surface area contributed by atoms with E-state index in [1.165, 1.54) is 14.2 Å². The standard InChI is InChI=1S/C25H23NO5S/c1-16-20(26-24(31-16)17-7-5-4-6-8-17)11-13-30-21-10-9-18(23-19(21)12-14-32-23)15-22(28-2)25(27)29-3/h4-10,12,14-15H,11,13H2,1-3H3/b22-15-. The summed E-state index contributed by atoms with van der Waals surface area (Å²) in [6.45, 7) is 2.38. The molecule has 0 saturated heterocycles. The van der Waals surface area contributed by atoms with Crippen LogP contribution in [0.1, 0.15) is 17.0 Å². The number of ether oxygens (including phenoxy) is 3. The number of rotatable bonds is 8. The Kier molecular flexibility index (Phi) is 6.56. The lowest BCUT2D eigenvalue weighted by Crippen LogP contribution is -2.06. The van der Waals surface area contributed by atoms with Crippen LogP contribution in [-0.2, 0) is 20.7 Å². The zero-order valence-electron chi connectivity index (χ0n) is 18.1. The number of methoxy groups -OCH3 is 2. The van der Waals surface area contributed by atoms with Crippen molar-refractivity contribution in [1.82, 2.24) is 4.98 Å². The molecule has 0 N–H and O–H groups in total. The topological polar surface area (TPSA) is 70.8 Å². The number of fused-ring (bicyclic) bond motifs is 1. The van der Waals surface area contributed by atoms with E-state index >= 15 is 0 Å². The number of hydrogen-bond acceptors (Lipinski definition) is 7. The summed E-state index contributed by atoms with van der Waals surface area (Å²) in [6, 6.07) is 15.7. The highest BCUT2D eigenvalue weighted by Gasteiger charge is 2.14. The Morgan fingerprint density at radius 3 is 2.66 bits per heavy atom. The molecule has 0 saturated carbocycles. The molecule has 7 heteroatoms. The van der Waals surface area contributed by atoms with E-state index in [0.717, 1.165) is 38.4 Å². The minimum Gasteiger partial charge on any atom is -0.493 e. The Labute approximate surface area is 190 Å². The van der Waals surface area contributed by atoms with Gasteiger partial charge in [0.05, 0.1) is 26.5 Å². The van der Waals surface area contributed by atoms with Crippen molar-refractivity contribution in [3.63, 3.8) is 0 Å². The van der Waals surface area contributed by atoms with Crippen molar-refractivity contribution in [2.45, 2.75) is 13.3 Å². The summed E-state index contributed by atoms with van der Waals surface area (Å²) < 4.78 is 22.9. The van der Waals surface area contributed by atoms with E-state index in [9.17, 15) is 4.79 Å². The maximum absolute atomic E-state index is 11.8. The number of oxazole rings is 1. The molecule has 0 aliphatic carbocycles. The number of hydrogen-bond donors (Lipinski definition) is 0.